The van der Waals surface area contributed by atoms with E-state index < -0.39 is 0 Å². The summed E-state index contributed by atoms with van der Waals surface area (Å²) in [5, 5.41) is 10.4. The molecule has 10 aromatic rings. The number of halogens is 1. The molecular formula is C49H30ClN3. The van der Waals surface area contributed by atoms with Gasteiger partial charge in [0.2, 0.25) is 0 Å². The number of nitrogens with zero attached hydrogens (tertiary/aromatic N) is 3. The van der Waals surface area contributed by atoms with Gasteiger partial charge in [0.15, 0.2) is 17.5 Å². The topological polar surface area (TPSA) is 38.7 Å². The zero-order valence-electron chi connectivity index (χ0n) is 28.5. The first-order valence-electron chi connectivity index (χ1n) is 17.7. The molecule has 10 rings (SSSR count). The fraction of sp³-hybridized carbons (Fsp3) is 0. The summed E-state index contributed by atoms with van der Waals surface area (Å²) < 4.78 is 0. The van der Waals surface area contributed by atoms with E-state index in [1.807, 2.05) is 24.3 Å². The van der Waals surface area contributed by atoms with Crippen LogP contribution in [0.4, 0.5) is 0 Å². The molecule has 0 aliphatic rings. The van der Waals surface area contributed by atoms with Crippen LogP contribution in [0.1, 0.15) is 0 Å². The van der Waals surface area contributed by atoms with E-state index in [0.29, 0.717) is 22.5 Å². The molecule has 3 nitrogen and oxygen atoms in total. The number of hydrogen-bond donors (Lipinski definition) is 0. The molecule has 0 N–H and O–H groups in total. The summed E-state index contributed by atoms with van der Waals surface area (Å²) in [4.78, 5) is 15.3. The Labute approximate surface area is 311 Å². The fourth-order valence-corrected chi connectivity index (χ4v) is 7.82. The predicted octanol–water partition coefficient (Wildman–Crippen LogP) is 13.5. The number of rotatable bonds is 5. The Morgan fingerprint density at radius 3 is 1.09 bits per heavy atom. The second-order valence-electron chi connectivity index (χ2n) is 13.4. The third-order valence-corrected chi connectivity index (χ3v) is 10.4. The van der Waals surface area contributed by atoms with Crippen molar-refractivity contribution in [1.29, 1.82) is 0 Å². The van der Waals surface area contributed by atoms with Crippen LogP contribution in [0.25, 0.3) is 99.5 Å². The lowest BCUT2D eigenvalue weighted by molar-refractivity contribution is 1.07. The molecule has 4 heteroatoms. The molecule has 0 saturated heterocycles. The molecule has 0 amide bonds. The summed E-state index contributed by atoms with van der Waals surface area (Å²) in [6.07, 6.45) is 0. The first-order chi connectivity index (χ1) is 26.2. The molecule has 0 bridgehead atoms. The van der Waals surface area contributed by atoms with Crippen molar-refractivity contribution in [2.45, 2.75) is 0 Å². The second kappa shape index (κ2) is 12.8. The van der Waals surface area contributed by atoms with Gasteiger partial charge < -0.3 is 0 Å². The van der Waals surface area contributed by atoms with Gasteiger partial charge in [0.1, 0.15) is 0 Å². The lowest BCUT2D eigenvalue weighted by Gasteiger charge is -2.13. The molecule has 0 fully saturated rings. The smallest absolute Gasteiger partial charge is 0.164 e. The summed E-state index contributed by atoms with van der Waals surface area (Å²) >= 11 is 6.49. The van der Waals surface area contributed by atoms with Crippen LogP contribution in [0.5, 0.6) is 0 Å². The normalized spacial score (nSPS) is 11.5. The van der Waals surface area contributed by atoms with Crippen LogP contribution in [0.3, 0.4) is 0 Å². The largest absolute Gasteiger partial charge is 0.208 e. The van der Waals surface area contributed by atoms with Gasteiger partial charge in [-0.15, -0.1) is 0 Å². The Kier molecular flexibility index (Phi) is 7.52. The van der Waals surface area contributed by atoms with E-state index in [2.05, 4.69) is 158 Å². The summed E-state index contributed by atoms with van der Waals surface area (Å²) in [5.41, 5.74) is 7.17. The molecule has 248 valence electrons. The molecule has 0 aliphatic carbocycles. The van der Waals surface area contributed by atoms with Gasteiger partial charge in [-0.3, -0.25) is 0 Å². The first kappa shape index (κ1) is 31.1. The third-order valence-electron chi connectivity index (χ3n) is 10.1. The Morgan fingerprint density at radius 2 is 0.642 bits per heavy atom. The van der Waals surface area contributed by atoms with Crippen molar-refractivity contribution in [2.24, 2.45) is 0 Å². The van der Waals surface area contributed by atoms with Gasteiger partial charge in [-0.2, -0.15) is 0 Å². The molecule has 53 heavy (non-hydrogen) atoms. The van der Waals surface area contributed by atoms with Crippen LogP contribution >= 0.6 is 11.6 Å². The van der Waals surface area contributed by atoms with Crippen LogP contribution in [0.2, 0.25) is 5.02 Å². The van der Waals surface area contributed by atoms with E-state index in [0.717, 1.165) is 27.8 Å². The van der Waals surface area contributed by atoms with Gasteiger partial charge in [-0.25, -0.2) is 15.0 Å². The Bertz CT molecular complexity index is 2860. The minimum Gasteiger partial charge on any atom is -0.208 e. The third kappa shape index (κ3) is 5.59. The lowest BCUT2D eigenvalue weighted by Crippen LogP contribution is -2.00. The fourth-order valence-electron chi connectivity index (χ4n) is 7.63. The monoisotopic (exact) mass is 695 g/mol. The van der Waals surface area contributed by atoms with Crippen molar-refractivity contribution < 1.29 is 0 Å². The summed E-state index contributed by atoms with van der Waals surface area (Å²) in [7, 11) is 0. The lowest BCUT2D eigenvalue weighted by atomic mass is 9.92. The predicted molar refractivity (Wildman–Crippen MR) is 222 cm³/mol. The molecule has 1 heterocycles. The van der Waals surface area contributed by atoms with E-state index in [9.17, 15) is 0 Å². The van der Waals surface area contributed by atoms with Crippen LogP contribution in [-0.2, 0) is 0 Å². The van der Waals surface area contributed by atoms with Crippen LogP contribution < -0.4 is 0 Å². The highest BCUT2D eigenvalue weighted by Gasteiger charge is 2.16. The maximum absolute atomic E-state index is 6.49. The molecule has 0 spiro atoms. The van der Waals surface area contributed by atoms with Gasteiger partial charge in [-0.05, 0) is 102 Å². The maximum atomic E-state index is 6.49. The van der Waals surface area contributed by atoms with Crippen molar-refractivity contribution in [3.8, 4) is 56.4 Å². The van der Waals surface area contributed by atoms with Gasteiger partial charge in [0.05, 0.1) is 0 Å². The highest BCUT2D eigenvalue weighted by atomic mass is 35.5. The molecule has 1 aromatic heterocycles. The average molecular weight is 696 g/mol. The Morgan fingerprint density at radius 1 is 0.283 bits per heavy atom. The van der Waals surface area contributed by atoms with Crippen LogP contribution in [0, 0.1) is 0 Å². The molecule has 0 atom stereocenters. The quantitative estimate of drug-likeness (QED) is 0.168. The zero-order valence-corrected chi connectivity index (χ0v) is 29.3. The minimum absolute atomic E-state index is 0.565. The van der Waals surface area contributed by atoms with Crippen molar-refractivity contribution in [1.82, 2.24) is 15.0 Å². The maximum Gasteiger partial charge on any atom is 0.164 e. The molecule has 0 saturated carbocycles. The van der Waals surface area contributed by atoms with Gasteiger partial charge >= 0.3 is 0 Å². The SMILES string of the molecule is Clc1cccc(-c2nc(-c3cccc(-c4cc5ccccc5c5ccccc45)c3)nc(-c3cccc(-c4cc5ccccc5c5ccccc45)c3)n2)c1. The average Bonchev–Trinajstić information content (AvgIpc) is 3.23. The van der Waals surface area contributed by atoms with Crippen molar-refractivity contribution in [3.05, 3.63) is 187 Å². The minimum atomic E-state index is 0.565. The molecule has 0 unspecified atom stereocenters. The summed E-state index contributed by atoms with van der Waals surface area (Å²) in [6.45, 7) is 0. The number of hydrogen-bond acceptors (Lipinski definition) is 3. The van der Waals surface area contributed by atoms with Crippen LogP contribution in [0.15, 0.2) is 182 Å². The number of fused-ring (bicyclic) bond motifs is 6. The van der Waals surface area contributed by atoms with E-state index in [-0.39, 0.29) is 0 Å². The standard InChI is InChI=1S/C49H30ClN3/c50-38-19-11-18-37(28-38)49-52-47(35-16-9-14-31(26-35)45-29-33-12-1-3-20-39(33)41-22-5-7-24-43(41)45)51-48(53-49)36-17-10-15-32(27-36)46-30-34-13-2-4-21-40(34)42-23-6-8-25-44(42)46/h1-30H. The Hall–Kier alpha value is -6.68. The first-order valence-corrected chi connectivity index (χ1v) is 18.1. The number of benzene rings is 9. The number of aromatic nitrogens is 3. The Balaban J connectivity index is 1.15. The van der Waals surface area contributed by atoms with Crippen molar-refractivity contribution in [3.63, 3.8) is 0 Å². The highest BCUT2D eigenvalue weighted by Crippen LogP contribution is 2.38. The van der Waals surface area contributed by atoms with Gasteiger partial charge in [0.25, 0.3) is 0 Å². The second-order valence-corrected chi connectivity index (χ2v) is 13.8. The van der Waals surface area contributed by atoms with E-state index in [1.165, 1.54) is 54.2 Å². The summed E-state index contributed by atoms with van der Waals surface area (Å²) in [6, 6.07) is 63.7. The van der Waals surface area contributed by atoms with Crippen molar-refractivity contribution in [2.75, 3.05) is 0 Å². The van der Waals surface area contributed by atoms with E-state index >= 15 is 0 Å². The highest BCUT2D eigenvalue weighted by molar-refractivity contribution is 6.30. The molecule has 0 aliphatic heterocycles. The van der Waals surface area contributed by atoms with Gasteiger partial charge in [0, 0.05) is 21.7 Å². The summed E-state index contributed by atoms with van der Waals surface area (Å²) in [5.74, 6) is 1.76. The zero-order chi connectivity index (χ0) is 35.3. The van der Waals surface area contributed by atoms with Crippen LogP contribution in [-0.4, -0.2) is 15.0 Å². The molecule has 0 radical (unpaired) electrons. The van der Waals surface area contributed by atoms with Gasteiger partial charge in [-0.1, -0.05) is 157 Å². The van der Waals surface area contributed by atoms with E-state index in [1.54, 1.807) is 0 Å². The molecular weight excluding hydrogens is 666 g/mol. The van der Waals surface area contributed by atoms with E-state index in [4.69, 9.17) is 26.6 Å². The van der Waals surface area contributed by atoms with Crippen molar-refractivity contribution >= 4 is 54.7 Å². The molecule has 9 aromatic carbocycles.